The number of likely N-dealkylation sites (tertiary alicyclic amines) is 1. The van der Waals surface area contributed by atoms with Crippen LogP contribution in [0.4, 0.5) is 0 Å². The molecule has 0 N–H and O–H groups in total. The molecule has 3 rings (SSSR count). The highest BCUT2D eigenvalue weighted by Gasteiger charge is 2.47. The monoisotopic (exact) mass is 372 g/mol. The Morgan fingerprint density at radius 1 is 1.33 bits per heavy atom. The summed E-state index contributed by atoms with van der Waals surface area (Å²) in [6.45, 7) is 6.81. The van der Waals surface area contributed by atoms with Gasteiger partial charge in [-0.05, 0) is 32.3 Å². The highest BCUT2D eigenvalue weighted by atomic mass is 16.6. The SMILES string of the molecule is CCOC(=O)[C@]1(C[C@@H]2CC(c3ccc(C)cc3)=NO2)CCCN(C(C)=O)C1. The third-order valence-corrected chi connectivity index (χ3v) is 5.47. The molecule has 2 aliphatic rings. The Bertz CT molecular complexity index is 728. The summed E-state index contributed by atoms with van der Waals surface area (Å²) in [5, 5.41) is 4.26. The maximum Gasteiger partial charge on any atom is 0.314 e. The zero-order valence-corrected chi connectivity index (χ0v) is 16.4. The maximum absolute atomic E-state index is 12.8. The van der Waals surface area contributed by atoms with Crippen molar-refractivity contribution in [3.63, 3.8) is 0 Å². The van der Waals surface area contributed by atoms with Crippen molar-refractivity contribution in [2.24, 2.45) is 10.6 Å². The fourth-order valence-corrected chi connectivity index (χ4v) is 3.99. The predicted molar refractivity (Wildman–Crippen MR) is 102 cm³/mol. The third kappa shape index (κ3) is 4.31. The molecule has 0 aliphatic carbocycles. The number of carbonyl (C=O) groups excluding carboxylic acids is 2. The Kier molecular flexibility index (Phi) is 5.82. The van der Waals surface area contributed by atoms with E-state index in [1.165, 1.54) is 5.56 Å². The van der Waals surface area contributed by atoms with E-state index in [0.717, 1.165) is 17.7 Å². The van der Waals surface area contributed by atoms with Crippen molar-refractivity contribution in [2.45, 2.75) is 52.6 Å². The molecule has 1 fully saturated rings. The van der Waals surface area contributed by atoms with Gasteiger partial charge in [0, 0.05) is 32.9 Å². The third-order valence-electron chi connectivity index (χ3n) is 5.47. The van der Waals surface area contributed by atoms with Crippen molar-refractivity contribution >= 4 is 17.6 Å². The summed E-state index contributed by atoms with van der Waals surface area (Å²) < 4.78 is 5.38. The smallest absolute Gasteiger partial charge is 0.314 e. The second-order valence-electron chi connectivity index (χ2n) is 7.58. The Hall–Kier alpha value is -2.37. The van der Waals surface area contributed by atoms with Crippen LogP contribution in [0.15, 0.2) is 29.4 Å². The van der Waals surface area contributed by atoms with E-state index in [4.69, 9.17) is 9.57 Å². The quantitative estimate of drug-likeness (QED) is 0.745. The first kappa shape index (κ1) is 19.4. The minimum Gasteiger partial charge on any atom is -0.466 e. The van der Waals surface area contributed by atoms with E-state index in [1.54, 1.807) is 11.8 Å². The van der Waals surface area contributed by atoms with Crippen LogP contribution in [0.25, 0.3) is 0 Å². The van der Waals surface area contributed by atoms with Crippen molar-refractivity contribution in [1.82, 2.24) is 4.90 Å². The number of esters is 1. The Balaban J connectivity index is 1.72. The summed E-state index contributed by atoms with van der Waals surface area (Å²) in [5.74, 6) is -0.240. The lowest BCUT2D eigenvalue weighted by Gasteiger charge is -2.41. The van der Waals surface area contributed by atoms with Crippen molar-refractivity contribution in [3.05, 3.63) is 35.4 Å². The predicted octanol–water partition coefficient (Wildman–Crippen LogP) is 3.07. The first-order valence-corrected chi connectivity index (χ1v) is 9.66. The van der Waals surface area contributed by atoms with Gasteiger partial charge in [-0.15, -0.1) is 0 Å². The largest absolute Gasteiger partial charge is 0.466 e. The van der Waals surface area contributed by atoms with Gasteiger partial charge in [-0.3, -0.25) is 9.59 Å². The molecule has 0 saturated carbocycles. The second-order valence-corrected chi connectivity index (χ2v) is 7.58. The van der Waals surface area contributed by atoms with Crippen LogP contribution in [-0.2, 0) is 19.2 Å². The van der Waals surface area contributed by atoms with E-state index in [9.17, 15) is 9.59 Å². The van der Waals surface area contributed by atoms with Gasteiger partial charge in [-0.2, -0.15) is 0 Å². The molecule has 0 spiro atoms. The van der Waals surface area contributed by atoms with Crippen molar-refractivity contribution in [3.8, 4) is 0 Å². The zero-order chi connectivity index (χ0) is 19.4. The summed E-state index contributed by atoms with van der Waals surface area (Å²) in [4.78, 5) is 32.1. The van der Waals surface area contributed by atoms with Crippen LogP contribution in [0.2, 0.25) is 0 Å². The van der Waals surface area contributed by atoms with E-state index in [0.29, 0.717) is 39.0 Å². The minimum absolute atomic E-state index is 0.00712. The summed E-state index contributed by atoms with van der Waals surface area (Å²) >= 11 is 0. The summed E-state index contributed by atoms with van der Waals surface area (Å²) in [6.07, 6.45) is 2.47. The van der Waals surface area contributed by atoms with Gasteiger partial charge in [0.2, 0.25) is 5.91 Å². The average molecular weight is 372 g/mol. The number of rotatable bonds is 5. The molecule has 27 heavy (non-hydrogen) atoms. The number of carbonyl (C=O) groups is 2. The Morgan fingerprint density at radius 3 is 2.74 bits per heavy atom. The Labute approximate surface area is 160 Å². The van der Waals surface area contributed by atoms with Crippen LogP contribution < -0.4 is 0 Å². The molecule has 1 amide bonds. The van der Waals surface area contributed by atoms with Gasteiger partial charge in [0.15, 0.2) is 0 Å². The van der Waals surface area contributed by atoms with Gasteiger partial charge >= 0.3 is 5.97 Å². The van der Waals surface area contributed by atoms with Crippen LogP contribution in [-0.4, -0.2) is 48.3 Å². The van der Waals surface area contributed by atoms with E-state index < -0.39 is 5.41 Å². The van der Waals surface area contributed by atoms with Crippen molar-refractivity contribution in [1.29, 1.82) is 0 Å². The molecule has 146 valence electrons. The molecule has 0 unspecified atom stereocenters. The highest BCUT2D eigenvalue weighted by molar-refractivity contribution is 6.01. The molecule has 0 bridgehead atoms. The molecule has 2 aliphatic heterocycles. The number of hydrogen-bond donors (Lipinski definition) is 0. The maximum atomic E-state index is 12.8. The number of nitrogens with zero attached hydrogens (tertiary/aromatic N) is 2. The first-order valence-electron chi connectivity index (χ1n) is 9.66. The fourth-order valence-electron chi connectivity index (χ4n) is 3.99. The fraction of sp³-hybridized carbons (Fsp3) is 0.571. The van der Waals surface area contributed by atoms with Crippen LogP contribution in [0.3, 0.4) is 0 Å². The molecular weight excluding hydrogens is 344 g/mol. The van der Waals surface area contributed by atoms with Gasteiger partial charge in [0.25, 0.3) is 0 Å². The van der Waals surface area contributed by atoms with Gasteiger partial charge < -0.3 is 14.5 Å². The highest BCUT2D eigenvalue weighted by Crippen LogP contribution is 2.39. The standard InChI is InChI=1S/C21H28N2O4/c1-4-26-20(25)21(10-5-11-23(14-21)16(3)24)13-18-12-19(22-27-18)17-8-6-15(2)7-9-17/h6-9,18H,4-5,10-14H2,1-3H3/t18-,21-/m0/s1. The number of ether oxygens (including phenoxy) is 1. The molecule has 2 heterocycles. The van der Waals surface area contributed by atoms with Gasteiger partial charge in [-0.25, -0.2) is 0 Å². The molecular formula is C21H28N2O4. The van der Waals surface area contributed by atoms with E-state index in [1.807, 2.05) is 26.0 Å². The molecule has 2 atom stereocenters. The molecule has 6 heteroatoms. The Morgan fingerprint density at radius 2 is 2.07 bits per heavy atom. The van der Waals surface area contributed by atoms with Crippen LogP contribution in [0.1, 0.15) is 50.7 Å². The van der Waals surface area contributed by atoms with E-state index >= 15 is 0 Å². The number of hydrogen-bond acceptors (Lipinski definition) is 5. The summed E-state index contributed by atoms with van der Waals surface area (Å²) in [6, 6.07) is 8.19. The lowest BCUT2D eigenvalue weighted by Crippen LogP contribution is -2.51. The number of piperidine rings is 1. The topological polar surface area (TPSA) is 68.2 Å². The van der Waals surface area contributed by atoms with Crippen LogP contribution >= 0.6 is 0 Å². The van der Waals surface area contributed by atoms with Gasteiger partial charge in [-0.1, -0.05) is 35.0 Å². The average Bonchev–Trinajstić information content (AvgIpc) is 3.11. The van der Waals surface area contributed by atoms with Crippen molar-refractivity contribution in [2.75, 3.05) is 19.7 Å². The van der Waals surface area contributed by atoms with Gasteiger partial charge in [0.05, 0.1) is 17.7 Å². The molecule has 1 aromatic carbocycles. The summed E-state index contributed by atoms with van der Waals surface area (Å²) in [7, 11) is 0. The number of aryl methyl sites for hydroxylation is 1. The molecule has 1 saturated heterocycles. The molecule has 1 aromatic rings. The molecule has 0 radical (unpaired) electrons. The second kappa shape index (κ2) is 8.11. The minimum atomic E-state index is -0.719. The van der Waals surface area contributed by atoms with Crippen LogP contribution in [0, 0.1) is 12.3 Å². The summed E-state index contributed by atoms with van der Waals surface area (Å²) in [5.41, 5.74) is 2.42. The number of amides is 1. The van der Waals surface area contributed by atoms with Crippen LogP contribution in [0.5, 0.6) is 0 Å². The molecule has 0 aromatic heterocycles. The van der Waals surface area contributed by atoms with Gasteiger partial charge in [0.1, 0.15) is 6.10 Å². The zero-order valence-electron chi connectivity index (χ0n) is 16.4. The molecule has 6 nitrogen and oxygen atoms in total. The van der Waals surface area contributed by atoms with Crippen molar-refractivity contribution < 1.29 is 19.2 Å². The number of oxime groups is 1. The first-order chi connectivity index (χ1) is 12.9. The lowest BCUT2D eigenvalue weighted by atomic mass is 9.74. The van der Waals surface area contributed by atoms with E-state index in [-0.39, 0.29) is 18.0 Å². The number of benzene rings is 1. The van der Waals surface area contributed by atoms with E-state index in [2.05, 4.69) is 17.3 Å². The normalized spacial score (nSPS) is 24.9. The lowest BCUT2D eigenvalue weighted by molar-refractivity contribution is -0.163.